The van der Waals surface area contributed by atoms with Gasteiger partial charge in [-0.1, -0.05) is 211 Å². The van der Waals surface area contributed by atoms with Crippen LogP contribution in [0.5, 0.6) is 0 Å². The van der Waals surface area contributed by atoms with Crippen molar-refractivity contribution in [3.8, 4) is 23.0 Å². The molecule has 1 radical (unpaired) electrons. The van der Waals surface area contributed by atoms with Crippen LogP contribution >= 0.6 is 0 Å². The van der Waals surface area contributed by atoms with Crippen LogP contribution in [0.25, 0.3) is 45.1 Å². The zero-order valence-electron chi connectivity index (χ0n) is 37.3. The Balaban J connectivity index is 0.00000450. The van der Waals surface area contributed by atoms with Crippen LogP contribution in [-0.4, -0.2) is 24.1 Å². The van der Waals surface area contributed by atoms with Gasteiger partial charge in [-0.3, -0.25) is 0 Å². The second kappa shape index (κ2) is 34.4. The Bertz CT molecular complexity index is 1660. The van der Waals surface area contributed by atoms with Crippen molar-refractivity contribution < 1.29 is 54.3 Å². The molecule has 0 fully saturated rings. The number of hydrogen-bond acceptors (Lipinski definition) is 3. The van der Waals surface area contributed by atoms with Crippen molar-refractivity contribution in [2.75, 3.05) is 0 Å². The molecule has 9 heteroatoms. The average Bonchev–Trinajstić information content (AvgIpc) is 3.79. The fourth-order valence-corrected chi connectivity index (χ4v) is 8.61. The molecular weight excluding hydrogens is 845 g/mol. The summed E-state index contributed by atoms with van der Waals surface area (Å²) in [6.07, 6.45) is 38.5. The third-order valence-corrected chi connectivity index (χ3v) is 12.0. The van der Waals surface area contributed by atoms with E-state index in [1.54, 1.807) is 0 Å². The standard InChI is InChI=1S/C51H77N5.3ClH.Fe/c1-3-5-7-9-11-13-15-17-19-21-23-25-27-33-42-55-48-40-31-29-36-44(48)53-50(55)46-38-35-39-47(52-46)51-54-45-37-30-32-41-49(45)56(51)43-34-28-26-24-22-20-18-16-14-12-10-8-6-4-2;;;;/h29-32,35-41H,3-28,33-34,42-43H2,1-2H3;3*1H;/q;;;;+3/p-3. The van der Waals surface area contributed by atoms with Crippen molar-refractivity contribution in [2.45, 2.75) is 207 Å². The Labute approximate surface area is 394 Å². The van der Waals surface area contributed by atoms with Crippen LogP contribution in [0.4, 0.5) is 0 Å². The molecule has 5 rings (SSSR count). The van der Waals surface area contributed by atoms with Gasteiger partial charge in [0.2, 0.25) is 0 Å². The van der Waals surface area contributed by atoms with E-state index in [0.29, 0.717) is 0 Å². The Hall–Kier alpha value is -2.08. The van der Waals surface area contributed by atoms with E-state index < -0.39 is 0 Å². The number of nitrogens with zero attached hydrogens (tertiary/aromatic N) is 5. The Kier molecular flexibility index (Phi) is 32.1. The zero-order chi connectivity index (χ0) is 38.9. The third kappa shape index (κ3) is 19.1. The summed E-state index contributed by atoms with van der Waals surface area (Å²) in [7, 11) is 0. The number of para-hydroxylation sites is 4. The number of imidazole rings is 2. The van der Waals surface area contributed by atoms with Crippen molar-refractivity contribution in [1.29, 1.82) is 0 Å². The molecule has 0 aliphatic carbocycles. The summed E-state index contributed by atoms with van der Waals surface area (Å²) in [6, 6.07) is 23.6. The van der Waals surface area contributed by atoms with Gasteiger partial charge in [0.15, 0.2) is 11.6 Å². The summed E-state index contributed by atoms with van der Waals surface area (Å²) in [5.41, 5.74) is 6.36. The predicted octanol–water partition coefficient (Wildman–Crippen LogP) is 7.09. The first-order chi connectivity index (χ1) is 27.8. The maximum atomic E-state index is 5.29. The number of benzene rings is 2. The van der Waals surface area contributed by atoms with Crippen molar-refractivity contribution in [3.05, 3.63) is 66.7 Å². The maximum Gasteiger partial charge on any atom is 3.00 e. The van der Waals surface area contributed by atoms with Gasteiger partial charge >= 0.3 is 17.1 Å². The van der Waals surface area contributed by atoms with Gasteiger partial charge in [-0.2, -0.15) is 0 Å². The Morgan fingerprint density at radius 3 is 0.933 bits per heavy atom. The Morgan fingerprint density at radius 1 is 0.333 bits per heavy atom. The predicted molar refractivity (Wildman–Crippen MR) is 242 cm³/mol. The summed E-state index contributed by atoms with van der Waals surface area (Å²) < 4.78 is 4.83. The Morgan fingerprint density at radius 2 is 0.617 bits per heavy atom. The molecule has 3 heterocycles. The largest absolute Gasteiger partial charge is 3.00 e. The van der Waals surface area contributed by atoms with E-state index in [1.807, 2.05) is 0 Å². The number of hydrogen-bond donors (Lipinski definition) is 0. The molecule has 2 aromatic carbocycles. The number of halogens is 3. The van der Waals surface area contributed by atoms with Crippen LogP contribution in [0.2, 0.25) is 0 Å². The van der Waals surface area contributed by atoms with Gasteiger partial charge in [-0.25, -0.2) is 15.0 Å². The molecule has 0 atom stereocenters. The van der Waals surface area contributed by atoms with E-state index >= 15 is 0 Å². The van der Waals surface area contributed by atoms with Crippen LogP contribution in [0, 0.1) is 0 Å². The van der Waals surface area contributed by atoms with E-state index in [4.69, 9.17) is 15.0 Å². The molecule has 0 saturated carbocycles. The van der Waals surface area contributed by atoms with E-state index in [2.05, 4.69) is 89.7 Å². The van der Waals surface area contributed by atoms with Gasteiger partial charge in [0.25, 0.3) is 0 Å². The maximum absolute atomic E-state index is 5.29. The van der Waals surface area contributed by atoms with Gasteiger partial charge in [0.1, 0.15) is 11.4 Å². The van der Waals surface area contributed by atoms with Gasteiger partial charge in [0, 0.05) is 13.1 Å². The topological polar surface area (TPSA) is 48.5 Å². The van der Waals surface area contributed by atoms with Crippen LogP contribution in [0.1, 0.15) is 194 Å². The summed E-state index contributed by atoms with van der Waals surface area (Å²) >= 11 is 0. The van der Waals surface area contributed by atoms with Crippen molar-refractivity contribution in [1.82, 2.24) is 24.1 Å². The number of aryl methyl sites for hydroxylation is 2. The number of unbranched alkanes of at least 4 members (excludes halogenated alkanes) is 26. The molecule has 335 valence electrons. The third-order valence-electron chi connectivity index (χ3n) is 12.0. The quantitative estimate of drug-likeness (QED) is 0.0343. The molecule has 0 unspecified atom stereocenters. The van der Waals surface area contributed by atoms with Gasteiger partial charge < -0.3 is 46.4 Å². The molecule has 5 nitrogen and oxygen atoms in total. The molecule has 5 aromatic rings. The number of pyridine rings is 1. The van der Waals surface area contributed by atoms with Crippen molar-refractivity contribution in [2.24, 2.45) is 0 Å². The molecule has 0 aliphatic heterocycles. The first-order valence-electron chi connectivity index (χ1n) is 23.7. The average molecular weight is 922 g/mol. The van der Waals surface area contributed by atoms with Crippen LogP contribution < -0.4 is 37.2 Å². The van der Waals surface area contributed by atoms with E-state index in [0.717, 1.165) is 47.2 Å². The van der Waals surface area contributed by atoms with Crippen LogP contribution in [-0.2, 0) is 30.2 Å². The summed E-state index contributed by atoms with van der Waals surface area (Å²) in [4.78, 5) is 15.6. The normalized spacial score (nSPS) is 11.0. The number of fused-ring (bicyclic) bond motifs is 2. The minimum absolute atomic E-state index is 0. The second-order valence-electron chi connectivity index (χ2n) is 16.8. The summed E-state index contributed by atoms with van der Waals surface area (Å²) in [5.74, 6) is 1.94. The first-order valence-corrected chi connectivity index (χ1v) is 23.7. The monoisotopic (exact) mass is 920 g/mol. The van der Waals surface area contributed by atoms with Gasteiger partial charge in [-0.05, 0) is 49.2 Å². The first kappa shape index (κ1) is 55.9. The van der Waals surface area contributed by atoms with E-state index in [9.17, 15) is 0 Å². The fraction of sp³-hybridized carbons (Fsp3) is 0.627. The fourth-order valence-electron chi connectivity index (χ4n) is 8.61. The van der Waals surface area contributed by atoms with Crippen LogP contribution in [0.3, 0.4) is 0 Å². The molecule has 0 saturated heterocycles. The second-order valence-corrected chi connectivity index (χ2v) is 16.8. The number of rotatable bonds is 32. The zero-order valence-corrected chi connectivity index (χ0v) is 40.7. The van der Waals surface area contributed by atoms with Crippen LogP contribution in [0.15, 0.2) is 66.7 Å². The van der Waals surface area contributed by atoms with Crippen molar-refractivity contribution in [3.63, 3.8) is 0 Å². The van der Waals surface area contributed by atoms with E-state index in [1.165, 1.54) is 191 Å². The molecule has 0 spiro atoms. The van der Waals surface area contributed by atoms with Gasteiger partial charge in [-0.15, -0.1) is 0 Å². The van der Waals surface area contributed by atoms with Gasteiger partial charge in [0.05, 0.1) is 22.1 Å². The number of aromatic nitrogens is 5. The summed E-state index contributed by atoms with van der Waals surface area (Å²) in [6.45, 7) is 6.54. The minimum atomic E-state index is 0. The van der Waals surface area contributed by atoms with E-state index in [-0.39, 0.29) is 54.3 Å². The molecule has 0 amide bonds. The smallest absolute Gasteiger partial charge is 1.00 e. The summed E-state index contributed by atoms with van der Waals surface area (Å²) in [5, 5.41) is 0. The minimum Gasteiger partial charge on any atom is -1.00 e. The molecule has 0 N–H and O–H groups in total. The molecular formula is C51H77Cl3FeN5. The SMILES string of the molecule is CCCCCCCCCCCCCCCCn1c(-c2cccc(-c3nc4ccccc4n3CCCCCCCCCCCCCCCC)n2)nc2ccccc21.[Cl-].[Cl-].[Cl-].[Fe+3]. The molecule has 0 aliphatic rings. The molecule has 3 aromatic heterocycles. The van der Waals surface area contributed by atoms with Crippen molar-refractivity contribution >= 4 is 22.1 Å². The molecule has 60 heavy (non-hydrogen) atoms. The molecule has 0 bridgehead atoms.